The van der Waals surface area contributed by atoms with Gasteiger partial charge in [-0.05, 0) is 54.7 Å². The number of nitrogens with zero attached hydrogens (tertiary/aromatic N) is 2. The minimum atomic E-state index is -0.0461. The van der Waals surface area contributed by atoms with E-state index >= 15 is 0 Å². The summed E-state index contributed by atoms with van der Waals surface area (Å²) in [6.45, 7) is 4.89. The van der Waals surface area contributed by atoms with Gasteiger partial charge in [0.2, 0.25) is 0 Å². The minimum Gasteiger partial charge on any atom is -0.380 e. The van der Waals surface area contributed by atoms with Crippen LogP contribution in [0.25, 0.3) is 0 Å². The first-order valence-electron chi connectivity index (χ1n) is 7.45. The molecule has 0 aromatic carbocycles. The van der Waals surface area contributed by atoms with E-state index in [2.05, 4.69) is 38.6 Å². The molecule has 1 atom stereocenters. The van der Waals surface area contributed by atoms with E-state index in [0.29, 0.717) is 17.1 Å². The van der Waals surface area contributed by atoms with Crippen molar-refractivity contribution in [2.24, 2.45) is 0 Å². The number of nitrogens with one attached hydrogen (secondary N) is 2. The molecule has 1 aliphatic rings. The van der Waals surface area contributed by atoms with Crippen molar-refractivity contribution in [2.75, 3.05) is 18.4 Å². The summed E-state index contributed by atoms with van der Waals surface area (Å²) < 4.78 is 2.13. The number of hydrogen-bond acceptors (Lipinski definition) is 4. The highest BCUT2D eigenvalue weighted by Crippen LogP contribution is 2.20. The van der Waals surface area contributed by atoms with Gasteiger partial charge in [-0.1, -0.05) is 13.3 Å². The standard InChI is InChI=1S/C14H23BrN4O/c1-2-3-9-19-14(20)13(15)12(10-17-19)18-11-5-4-7-16-8-6-11/h10-11,16,18H,2-9H2,1H3. The first-order chi connectivity index (χ1) is 9.72. The maximum Gasteiger partial charge on any atom is 0.283 e. The number of aromatic nitrogens is 2. The Bertz CT molecular complexity index is 481. The molecule has 0 spiro atoms. The maximum atomic E-state index is 12.2. The van der Waals surface area contributed by atoms with E-state index in [4.69, 9.17) is 0 Å². The molecule has 2 rings (SSSR count). The molecule has 20 heavy (non-hydrogen) atoms. The molecule has 0 saturated carbocycles. The third kappa shape index (κ3) is 4.06. The van der Waals surface area contributed by atoms with E-state index < -0.39 is 0 Å². The predicted molar refractivity (Wildman–Crippen MR) is 85.2 cm³/mol. The molecule has 1 unspecified atom stereocenters. The van der Waals surface area contributed by atoms with Crippen LogP contribution < -0.4 is 16.2 Å². The van der Waals surface area contributed by atoms with Gasteiger partial charge in [0.05, 0.1) is 11.9 Å². The van der Waals surface area contributed by atoms with E-state index in [1.54, 1.807) is 6.20 Å². The van der Waals surface area contributed by atoms with Crippen molar-refractivity contribution in [2.45, 2.75) is 51.6 Å². The average Bonchev–Trinajstić information content (AvgIpc) is 2.72. The fraction of sp³-hybridized carbons (Fsp3) is 0.714. The van der Waals surface area contributed by atoms with Gasteiger partial charge < -0.3 is 10.6 Å². The molecule has 0 amide bonds. The van der Waals surface area contributed by atoms with Crippen LogP contribution in [0, 0.1) is 0 Å². The summed E-state index contributed by atoms with van der Waals surface area (Å²) in [6, 6.07) is 0.411. The highest BCUT2D eigenvalue weighted by atomic mass is 79.9. The van der Waals surface area contributed by atoms with Gasteiger partial charge in [0.1, 0.15) is 4.47 Å². The fourth-order valence-corrected chi connectivity index (χ4v) is 2.84. The van der Waals surface area contributed by atoms with Gasteiger partial charge in [0.15, 0.2) is 0 Å². The van der Waals surface area contributed by atoms with Gasteiger partial charge >= 0.3 is 0 Å². The first-order valence-corrected chi connectivity index (χ1v) is 8.24. The molecular formula is C14H23BrN4O. The highest BCUT2D eigenvalue weighted by molar-refractivity contribution is 9.10. The van der Waals surface area contributed by atoms with Gasteiger partial charge in [0, 0.05) is 12.6 Å². The second kappa shape index (κ2) is 7.78. The van der Waals surface area contributed by atoms with E-state index in [-0.39, 0.29) is 5.56 Å². The lowest BCUT2D eigenvalue weighted by molar-refractivity contribution is 0.540. The lowest BCUT2D eigenvalue weighted by atomic mass is 10.1. The van der Waals surface area contributed by atoms with Gasteiger partial charge in [0.25, 0.3) is 5.56 Å². The Morgan fingerprint density at radius 3 is 3.15 bits per heavy atom. The Labute approximate surface area is 128 Å². The molecule has 6 heteroatoms. The summed E-state index contributed by atoms with van der Waals surface area (Å²) in [5.74, 6) is 0. The summed E-state index contributed by atoms with van der Waals surface area (Å²) in [4.78, 5) is 12.2. The Kier molecular flexibility index (Phi) is 6.04. The highest BCUT2D eigenvalue weighted by Gasteiger charge is 2.15. The quantitative estimate of drug-likeness (QED) is 0.862. The van der Waals surface area contributed by atoms with Gasteiger partial charge in [-0.3, -0.25) is 4.79 Å². The topological polar surface area (TPSA) is 59.0 Å². The number of hydrogen-bond donors (Lipinski definition) is 2. The van der Waals surface area contributed by atoms with Gasteiger partial charge in [-0.25, -0.2) is 4.68 Å². The van der Waals surface area contributed by atoms with Crippen LogP contribution in [0.1, 0.15) is 39.0 Å². The Balaban J connectivity index is 2.08. The average molecular weight is 343 g/mol. The molecular weight excluding hydrogens is 320 g/mol. The number of unbranched alkanes of at least 4 members (excludes halogenated alkanes) is 1. The first kappa shape index (κ1) is 15.5. The molecule has 1 aromatic heterocycles. The van der Waals surface area contributed by atoms with Crippen molar-refractivity contribution in [3.05, 3.63) is 21.0 Å². The molecule has 5 nitrogen and oxygen atoms in total. The normalized spacial score (nSPS) is 19.6. The second-order valence-corrected chi connectivity index (χ2v) is 6.07. The van der Waals surface area contributed by atoms with Crippen LogP contribution in [0.5, 0.6) is 0 Å². The minimum absolute atomic E-state index is 0.0461. The molecule has 112 valence electrons. The summed E-state index contributed by atoms with van der Waals surface area (Å²) >= 11 is 3.42. The summed E-state index contributed by atoms with van der Waals surface area (Å²) in [7, 11) is 0. The Hall–Kier alpha value is -0.880. The third-order valence-electron chi connectivity index (χ3n) is 3.64. The van der Waals surface area contributed by atoms with Crippen molar-refractivity contribution in [1.29, 1.82) is 0 Å². The van der Waals surface area contributed by atoms with E-state index in [1.807, 2.05) is 0 Å². The lowest BCUT2D eigenvalue weighted by Crippen LogP contribution is -2.27. The smallest absolute Gasteiger partial charge is 0.283 e. The van der Waals surface area contributed by atoms with Gasteiger partial charge in [-0.15, -0.1) is 0 Å². The zero-order chi connectivity index (χ0) is 14.4. The van der Waals surface area contributed by atoms with Gasteiger partial charge in [-0.2, -0.15) is 5.10 Å². The van der Waals surface area contributed by atoms with Crippen molar-refractivity contribution >= 4 is 21.6 Å². The predicted octanol–water partition coefficient (Wildman–Crippen LogP) is 2.36. The molecule has 2 heterocycles. The molecule has 0 radical (unpaired) electrons. The molecule has 1 fully saturated rings. The maximum absolute atomic E-state index is 12.2. The van der Waals surface area contributed by atoms with E-state index in [9.17, 15) is 4.79 Å². The zero-order valence-corrected chi connectivity index (χ0v) is 13.6. The fourth-order valence-electron chi connectivity index (χ4n) is 2.42. The molecule has 1 aromatic rings. The van der Waals surface area contributed by atoms with Crippen LogP contribution in [-0.2, 0) is 6.54 Å². The molecule has 0 bridgehead atoms. The van der Waals surface area contributed by atoms with Crippen molar-refractivity contribution in [1.82, 2.24) is 15.1 Å². The number of anilines is 1. The van der Waals surface area contributed by atoms with Crippen molar-refractivity contribution < 1.29 is 0 Å². The van der Waals surface area contributed by atoms with Crippen LogP contribution in [0.4, 0.5) is 5.69 Å². The van der Waals surface area contributed by atoms with Crippen molar-refractivity contribution in [3.8, 4) is 0 Å². The zero-order valence-electron chi connectivity index (χ0n) is 12.0. The SMILES string of the molecule is CCCCn1ncc(NC2CCCNCC2)c(Br)c1=O. The third-order valence-corrected chi connectivity index (χ3v) is 4.41. The second-order valence-electron chi connectivity index (χ2n) is 5.28. The molecule has 0 aliphatic carbocycles. The number of rotatable bonds is 5. The Morgan fingerprint density at radius 1 is 1.50 bits per heavy atom. The van der Waals surface area contributed by atoms with Crippen LogP contribution >= 0.6 is 15.9 Å². The monoisotopic (exact) mass is 342 g/mol. The van der Waals surface area contributed by atoms with Crippen LogP contribution in [0.15, 0.2) is 15.5 Å². The van der Waals surface area contributed by atoms with Crippen molar-refractivity contribution in [3.63, 3.8) is 0 Å². The molecule has 1 saturated heterocycles. The summed E-state index contributed by atoms with van der Waals surface area (Å²) in [6.07, 6.45) is 7.15. The van der Waals surface area contributed by atoms with Crippen LogP contribution in [0.2, 0.25) is 0 Å². The lowest BCUT2D eigenvalue weighted by Gasteiger charge is -2.18. The number of aryl methyl sites for hydroxylation is 1. The van der Waals surface area contributed by atoms with E-state index in [0.717, 1.165) is 50.9 Å². The largest absolute Gasteiger partial charge is 0.380 e. The van der Waals surface area contributed by atoms with Crippen LogP contribution in [0.3, 0.4) is 0 Å². The number of halogens is 1. The van der Waals surface area contributed by atoms with Crippen LogP contribution in [-0.4, -0.2) is 28.9 Å². The van der Waals surface area contributed by atoms with E-state index in [1.165, 1.54) is 4.68 Å². The molecule has 2 N–H and O–H groups in total. The summed E-state index contributed by atoms with van der Waals surface area (Å²) in [5, 5.41) is 11.1. The Morgan fingerprint density at radius 2 is 2.35 bits per heavy atom. The molecule has 1 aliphatic heterocycles. The summed E-state index contributed by atoms with van der Waals surface area (Å²) in [5.41, 5.74) is 0.768.